The molecule has 0 spiro atoms. The first-order valence-electron chi connectivity index (χ1n) is 8.27. The van der Waals surface area contributed by atoms with Gasteiger partial charge in [-0.15, -0.1) is 0 Å². The fourth-order valence-electron chi connectivity index (χ4n) is 0.646. The van der Waals surface area contributed by atoms with Crippen molar-refractivity contribution < 1.29 is 1.41 Å². The van der Waals surface area contributed by atoms with Gasteiger partial charge in [0.25, 0.3) is 0 Å². The largest absolute Gasteiger partial charge is 0.216 e. The second-order valence-corrected chi connectivity index (χ2v) is 3.41. The molecule has 0 radical (unpaired) electrons. The lowest BCUT2D eigenvalue weighted by Gasteiger charge is -1.70. The molecule has 40 heavy (non-hydrogen) atoms. The van der Waals surface area contributed by atoms with Gasteiger partial charge in [-0.1, -0.05) is 0 Å². The van der Waals surface area contributed by atoms with Crippen LogP contribution >= 0.6 is 0 Å². The van der Waals surface area contributed by atoms with Crippen LogP contribution in [0, 0.1) is 11.1 Å². The van der Waals surface area contributed by atoms with Gasteiger partial charge in [0, 0.05) is 115 Å². The highest BCUT2D eigenvalue weighted by atomic mass is 15.7. The number of rotatable bonds is 19. The molecule has 0 rings (SSSR count). The third-order valence-electron chi connectivity index (χ3n) is 1.48. The first-order chi connectivity index (χ1) is 20.4. The van der Waals surface area contributed by atoms with Gasteiger partial charge in [0.05, 0.1) is 0 Å². The van der Waals surface area contributed by atoms with Crippen molar-refractivity contribution in [3.8, 4) is 0 Å². The summed E-state index contributed by atoms with van der Waals surface area (Å²) in [6.45, 7) is 0. The molecule has 202 valence electrons. The van der Waals surface area contributed by atoms with Gasteiger partial charge in [0.15, 0.2) is 0 Å². The Bertz CT molecular complexity index is 1230. The summed E-state index contributed by atoms with van der Waals surface area (Å²) in [7, 11) is 0. The Morgan fingerprint density at radius 2 is 0.325 bits per heavy atom. The van der Waals surface area contributed by atoms with Crippen molar-refractivity contribution in [2.75, 3.05) is 0 Å². The topological polar surface area (TPSA) is 517 Å². The van der Waals surface area contributed by atoms with Crippen LogP contribution in [-0.2, 0) is 0 Å². The number of nitrogens with zero attached hydrogens (tertiary/aromatic N) is 38. The van der Waals surface area contributed by atoms with Crippen molar-refractivity contribution in [1.29, 1.82) is 11.1 Å². The van der Waals surface area contributed by atoms with E-state index in [9.17, 15) is 0 Å². The Balaban J connectivity index is 4.02. The molecule has 0 saturated carbocycles. The fourth-order valence-corrected chi connectivity index (χ4v) is 0.646. The second kappa shape index (κ2) is 31.0. The normalized spacial score (nSPS) is 15.6. The average molecular weight is 563 g/mol. The van der Waals surface area contributed by atoms with Crippen LogP contribution < -0.4 is 0 Å². The Morgan fingerprint density at radius 1 is 0.200 bits per heavy atom. The summed E-state index contributed by atoms with van der Waals surface area (Å²) in [4.78, 5) is 0. The molecule has 0 aliphatic carbocycles. The van der Waals surface area contributed by atoms with Crippen molar-refractivity contribution in [2.24, 2.45) is 198 Å². The molecule has 40 nitrogen and oxygen atoms in total. The molecule has 0 saturated heterocycles. The number of hydrogen-bond donors (Lipinski definition) is 2. The van der Waals surface area contributed by atoms with Crippen molar-refractivity contribution in [2.45, 2.75) is 0 Å². The summed E-state index contributed by atoms with van der Waals surface area (Å²) < 4.78 is 6.24. The summed E-state index contributed by atoms with van der Waals surface area (Å²) in [6, 6.07) is 0. The Labute approximate surface area is 212 Å². The van der Waals surface area contributed by atoms with Crippen molar-refractivity contribution in [3.63, 3.8) is 0 Å². The smallest absolute Gasteiger partial charge is 0.183 e. The zero-order chi connectivity index (χ0) is 29.6. The van der Waals surface area contributed by atoms with E-state index >= 15 is 0 Å². The molecule has 2 N–H and O–H groups in total. The Kier molecular flexibility index (Phi) is 23.3. The van der Waals surface area contributed by atoms with Crippen molar-refractivity contribution in [1.82, 2.24) is 0 Å². The fraction of sp³-hybridized carbons (Fsp3) is 0. The molecular formula is H2N40. The van der Waals surface area contributed by atoms with Gasteiger partial charge in [0.1, 0.15) is 0 Å². The van der Waals surface area contributed by atoms with Gasteiger partial charge in [0.2, 0.25) is 1.41 Å². The molecule has 0 unspecified atom stereocenters. The summed E-state index contributed by atoms with van der Waals surface area (Å²) >= 11 is 0. The standard InChI is InChI=1S/H2N40/c1-3-5-7-9-11-13-15-17-19-21-23-25-27-29-31-33-35-37-39-40-38-36-34-32-30-28-26-24-22-20-18-16-14-12-10-8-6-4-2/h1-2H/b3-1?,4-2?,7-5+,8-6+,11-9+,12-10+,15-13+,16-14+,19-17+,20-18+,23-21+,24-22+,27-25+,28-26+,31-29+,32-30+,35-33+,36-34+,39-37+,40-38+/i/hD. The minimum Gasteiger partial charge on any atom is -0.183 e. The maximum atomic E-state index is 6.24. The highest BCUT2D eigenvalue weighted by Crippen LogP contribution is 1.92. The lowest BCUT2D eigenvalue weighted by atomic mass is 12.3. The van der Waals surface area contributed by atoms with Gasteiger partial charge >= 0.3 is 0 Å². The molecule has 0 aliphatic rings. The highest BCUT2D eigenvalue weighted by molar-refractivity contribution is 4.16. The second-order valence-electron chi connectivity index (χ2n) is 3.41. The summed E-state index contributed by atoms with van der Waals surface area (Å²) in [5, 5.41) is 112. The molecule has 0 aromatic heterocycles. The van der Waals surface area contributed by atoms with Gasteiger partial charge in [-0.2, -0.15) is 11.1 Å². The van der Waals surface area contributed by atoms with Gasteiger partial charge in [-0.25, -0.2) is 0 Å². The van der Waals surface area contributed by atoms with Crippen LogP contribution in [0.25, 0.3) is 0 Å². The van der Waals surface area contributed by atoms with Crippen LogP contribution in [0.2, 0.25) is 1.41 Å². The lowest BCUT2D eigenvalue weighted by molar-refractivity contribution is 0.726. The third-order valence-corrected chi connectivity index (χ3v) is 1.48. The summed E-state index contributed by atoms with van der Waals surface area (Å²) in [5.74, 6) is 0. The Hall–Kier alpha value is -8.00. The SMILES string of the molecule is [2H]N=N/N=N/N=N/N=N/N=N/N=N/N=N/N=N/N=N/N=N/N=N/N=N/N=N/N=N/N=N/N=N/N=N/N=N/N=N/N=N. The van der Waals surface area contributed by atoms with E-state index in [1.807, 2.05) is 0 Å². The summed E-state index contributed by atoms with van der Waals surface area (Å²) in [6.07, 6.45) is 0. The molecule has 0 aromatic carbocycles. The van der Waals surface area contributed by atoms with E-state index in [0.717, 1.165) is 0 Å². The van der Waals surface area contributed by atoms with Crippen molar-refractivity contribution >= 4 is 0 Å². The number of nitrogens with one attached hydrogen (secondary N) is 2. The average Bonchev–Trinajstić information content (AvgIpc) is 2.98. The number of hydrogen-bond acceptors (Lipinski definition) is 2. The molecular weight excluding hydrogens is 560 g/mol. The van der Waals surface area contributed by atoms with Crippen molar-refractivity contribution in [3.05, 3.63) is 0 Å². The van der Waals surface area contributed by atoms with Gasteiger partial charge in [-0.05, 0) is 83.6 Å². The molecule has 0 heterocycles. The van der Waals surface area contributed by atoms with E-state index in [-0.39, 0.29) is 0 Å². The van der Waals surface area contributed by atoms with E-state index in [1.165, 1.54) is 0 Å². The molecule has 0 fully saturated rings. The van der Waals surface area contributed by atoms with Gasteiger partial charge in [-0.3, -0.25) is 0 Å². The Morgan fingerprint density at radius 3 is 0.450 bits per heavy atom. The van der Waals surface area contributed by atoms with E-state index < -0.39 is 0 Å². The zero-order valence-electron chi connectivity index (χ0n) is 18.9. The first kappa shape index (κ1) is 30.0. The first-order valence-corrected chi connectivity index (χ1v) is 7.82. The highest BCUT2D eigenvalue weighted by Gasteiger charge is 1.73. The van der Waals surface area contributed by atoms with Crippen LogP contribution in [0.4, 0.5) is 0 Å². The molecule has 0 amide bonds. The van der Waals surface area contributed by atoms with E-state index in [2.05, 4.69) is 204 Å². The van der Waals surface area contributed by atoms with Crippen LogP contribution in [0.5, 0.6) is 0 Å². The molecule has 0 atom stereocenters. The van der Waals surface area contributed by atoms with Crippen LogP contribution in [0.3, 0.4) is 0 Å². The third kappa shape index (κ3) is 30.0. The van der Waals surface area contributed by atoms with E-state index in [1.54, 1.807) is 0 Å². The van der Waals surface area contributed by atoms with E-state index in [4.69, 9.17) is 6.94 Å². The van der Waals surface area contributed by atoms with Crippen LogP contribution in [-0.4, -0.2) is 0 Å². The molecule has 0 bridgehead atoms. The quantitative estimate of drug-likeness (QED) is 0.113. The minimum absolute atomic E-state index is 2.50. The maximum Gasteiger partial charge on any atom is 0.216 e. The predicted octanol–water partition coefficient (Wildman–Crippen LogP) is 7.57. The predicted molar refractivity (Wildman–Crippen MR) is 97.7 cm³/mol. The lowest BCUT2D eigenvalue weighted by Crippen LogP contribution is -1.52. The molecule has 40 heteroatoms. The monoisotopic (exact) mass is 563 g/mol. The van der Waals surface area contributed by atoms with Crippen LogP contribution in [0.1, 0.15) is 0 Å². The maximum absolute atomic E-state index is 6.24. The minimum atomic E-state index is 2.50. The van der Waals surface area contributed by atoms with E-state index in [0.29, 0.717) is 0 Å². The molecule has 0 aliphatic heterocycles. The van der Waals surface area contributed by atoms with Gasteiger partial charge < -0.3 is 0 Å². The summed E-state index contributed by atoms with van der Waals surface area (Å²) in [5.41, 5.74) is 8.74. The van der Waals surface area contributed by atoms with Crippen LogP contribution in [0.15, 0.2) is 198 Å². The molecule has 0 aromatic rings. The zero-order valence-corrected chi connectivity index (χ0v) is 17.9.